The fourth-order valence-corrected chi connectivity index (χ4v) is 4.11. The molecule has 4 rings (SSSR count). The van der Waals surface area contributed by atoms with Crippen molar-refractivity contribution < 1.29 is 14.3 Å². The van der Waals surface area contributed by atoms with Crippen LogP contribution in [0.5, 0.6) is 11.5 Å². The average Bonchev–Trinajstić information content (AvgIpc) is 3.04. The zero-order chi connectivity index (χ0) is 20.2. The minimum Gasteiger partial charge on any atom is -0.490 e. The zero-order valence-corrected chi connectivity index (χ0v) is 17.4. The molecule has 29 heavy (non-hydrogen) atoms. The molecule has 1 saturated heterocycles. The van der Waals surface area contributed by atoms with Gasteiger partial charge in [-0.25, -0.2) is 0 Å². The van der Waals surface area contributed by atoms with E-state index >= 15 is 0 Å². The van der Waals surface area contributed by atoms with E-state index in [-0.39, 0.29) is 5.91 Å². The number of nitrogens with one attached hydrogen (secondary N) is 1. The largest absolute Gasteiger partial charge is 0.490 e. The number of thiocarbonyl (C=S) groups is 1. The second kappa shape index (κ2) is 8.68. The van der Waals surface area contributed by atoms with Crippen molar-refractivity contribution in [1.29, 1.82) is 0 Å². The maximum atomic E-state index is 11.9. The molecule has 1 aliphatic heterocycles. The van der Waals surface area contributed by atoms with Crippen LogP contribution < -0.4 is 14.8 Å². The number of benzene rings is 3. The van der Waals surface area contributed by atoms with Gasteiger partial charge in [0.05, 0.1) is 11.5 Å². The first kappa shape index (κ1) is 19.5. The molecule has 3 aromatic rings. The molecule has 3 aromatic carbocycles. The van der Waals surface area contributed by atoms with E-state index in [4.69, 9.17) is 21.7 Å². The highest BCUT2D eigenvalue weighted by Crippen LogP contribution is 2.32. The summed E-state index contributed by atoms with van der Waals surface area (Å²) in [6.45, 7) is 2.89. The van der Waals surface area contributed by atoms with Crippen molar-refractivity contribution in [2.75, 3.05) is 6.61 Å². The fraction of sp³-hybridized carbons (Fsp3) is 0.130. The van der Waals surface area contributed by atoms with Crippen LogP contribution in [0.2, 0.25) is 0 Å². The molecule has 0 aromatic heterocycles. The first-order valence-corrected chi connectivity index (χ1v) is 10.5. The van der Waals surface area contributed by atoms with Gasteiger partial charge in [0.15, 0.2) is 11.5 Å². The molecular weight excluding hydrogens is 402 g/mol. The lowest BCUT2D eigenvalue weighted by molar-refractivity contribution is -0.115. The van der Waals surface area contributed by atoms with E-state index < -0.39 is 0 Å². The number of hydrogen-bond donors (Lipinski definition) is 1. The molecule has 1 heterocycles. The first-order valence-electron chi connectivity index (χ1n) is 9.24. The van der Waals surface area contributed by atoms with Gasteiger partial charge in [-0.2, -0.15) is 0 Å². The van der Waals surface area contributed by atoms with E-state index in [0.717, 1.165) is 11.1 Å². The van der Waals surface area contributed by atoms with E-state index in [0.29, 0.717) is 33.9 Å². The van der Waals surface area contributed by atoms with Crippen molar-refractivity contribution in [2.45, 2.75) is 13.5 Å². The standard InChI is InChI=1S/C23H19NO3S2/c1-2-26-20-12-15(13-21-22(25)24-23(28)29-21)8-10-19(20)27-14-16-7-9-17-5-3-4-6-18(17)11-16/h3-13H,2,14H2,1H3,(H,24,25,28)/b21-13-. The van der Waals surface area contributed by atoms with Crippen LogP contribution in [0.25, 0.3) is 16.8 Å². The molecule has 0 saturated carbocycles. The van der Waals surface area contributed by atoms with Gasteiger partial charge >= 0.3 is 0 Å². The summed E-state index contributed by atoms with van der Waals surface area (Å²) < 4.78 is 12.3. The zero-order valence-electron chi connectivity index (χ0n) is 15.8. The molecular formula is C23H19NO3S2. The van der Waals surface area contributed by atoms with Crippen LogP contribution in [-0.2, 0) is 11.4 Å². The van der Waals surface area contributed by atoms with Gasteiger partial charge in [0.25, 0.3) is 5.91 Å². The summed E-state index contributed by atoms with van der Waals surface area (Å²) in [6, 6.07) is 20.2. The van der Waals surface area contributed by atoms with E-state index in [1.54, 1.807) is 6.08 Å². The van der Waals surface area contributed by atoms with Gasteiger partial charge < -0.3 is 14.8 Å². The summed E-state index contributed by atoms with van der Waals surface area (Å²) in [5, 5.41) is 5.01. The Morgan fingerprint density at radius 1 is 1.00 bits per heavy atom. The number of amides is 1. The molecule has 0 unspecified atom stereocenters. The van der Waals surface area contributed by atoms with Crippen LogP contribution >= 0.6 is 24.0 Å². The molecule has 1 N–H and O–H groups in total. The monoisotopic (exact) mass is 421 g/mol. The summed E-state index contributed by atoms with van der Waals surface area (Å²) in [4.78, 5) is 12.4. The van der Waals surface area contributed by atoms with E-state index in [1.165, 1.54) is 22.5 Å². The summed E-state index contributed by atoms with van der Waals surface area (Å²) in [5.74, 6) is 1.14. The maximum absolute atomic E-state index is 11.9. The molecule has 4 nitrogen and oxygen atoms in total. The minimum absolute atomic E-state index is 0.172. The lowest BCUT2D eigenvalue weighted by atomic mass is 10.1. The second-order valence-corrected chi connectivity index (χ2v) is 8.18. The normalized spacial score (nSPS) is 15.0. The van der Waals surface area contributed by atoms with Gasteiger partial charge in [-0.3, -0.25) is 4.79 Å². The Labute approximate surface area is 178 Å². The number of carbonyl (C=O) groups excluding carboxylic acids is 1. The van der Waals surface area contributed by atoms with Crippen LogP contribution in [0.4, 0.5) is 0 Å². The number of ether oxygens (including phenoxy) is 2. The predicted molar refractivity (Wildman–Crippen MR) is 122 cm³/mol. The smallest absolute Gasteiger partial charge is 0.263 e. The third kappa shape index (κ3) is 4.60. The first-order chi connectivity index (χ1) is 14.1. The quantitative estimate of drug-likeness (QED) is 0.432. The number of thioether (sulfide) groups is 1. The lowest BCUT2D eigenvalue weighted by Crippen LogP contribution is -2.17. The summed E-state index contributed by atoms with van der Waals surface area (Å²) >= 11 is 6.29. The molecule has 146 valence electrons. The van der Waals surface area contributed by atoms with Gasteiger partial charge in [-0.1, -0.05) is 66.4 Å². The highest BCUT2D eigenvalue weighted by molar-refractivity contribution is 8.26. The fourth-order valence-electron chi connectivity index (χ4n) is 3.06. The number of carbonyl (C=O) groups is 1. The van der Waals surface area contributed by atoms with Crippen molar-refractivity contribution >= 4 is 51.1 Å². The number of hydrogen-bond acceptors (Lipinski definition) is 5. The van der Waals surface area contributed by atoms with Crippen molar-refractivity contribution in [3.05, 3.63) is 76.7 Å². The summed E-state index contributed by atoms with van der Waals surface area (Å²) in [6.07, 6.45) is 1.80. The average molecular weight is 422 g/mol. The minimum atomic E-state index is -0.172. The highest BCUT2D eigenvalue weighted by atomic mass is 32.2. The van der Waals surface area contributed by atoms with Gasteiger partial charge in [0.2, 0.25) is 0 Å². The van der Waals surface area contributed by atoms with E-state index in [2.05, 4.69) is 35.6 Å². The van der Waals surface area contributed by atoms with Crippen LogP contribution in [0, 0.1) is 0 Å². The summed E-state index contributed by atoms with van der Waals surface area (Å²) in [7, 11) is 0. The topological polar surface area (TPSA) is 47.6 Å². The third-order valence-electron chi connectivity index (χ3n) is 4.42. The Kier molecular flexibility index (Phi) is 5.83. The molecule has 0 spiro atoms. The van der Waals surface area contributed by atoms with Crippen molar-refractivity contribution in [2.24, 2.45) is 0 Å². The molecule has 1 fully saturated rings. The SMILES string of the molecule is CCOc1cc(/C=C2\SC(=S)NC2=O)ccc1OCc1ccc2ccccc2c1. The molecule has 0 atom stereocenters. The molecule has 0 radical (unpaired) electrons. The van der Waals surface area contributed by atoms with Gasteiger partial charge in [0.1, 0.15) is 10.9 Å². The Bertz CT molecular complexity index is 1120. The second-order valence-electron chi connectivity index (χ2n) is 6.46. The van der Waals surface area contributed by atoms with Crippen molar-refractivity contribution in [3.8, 4) is 11.5 Å². The molecule has 1 amide bonds. The maximum Gasteiger partial charge on any atom is 0.263 e. The van der Waals surface area contributed by atoms with Crippen molar-refractivity contribution in [3.63, 3.8) is 0 Å². The third-order valence-corrected chi connectivity index (χ3v) is 5.58. The number of rotatable bonds is 6. The highest BCUT2D eigenvalue weighted by Gasteiger charge is 2.22. The Hall–Kier alpha value is -2.83. The van der Waals surface area contributed by atoms with Gasteiger partial charge in [-0.15, -0.1) is 0 Å². The van der Waals surface area contributed by atoms with Gasteiger partial charge in [-0.05, 0) is 53.1 Å². The molecule has 6 heteroatoms. The van der Waals surface area contributed by atoms with Crippen LogP contribution in [0.15, 0.2) is 65.6 Å². The molecule has 1 aliphatic rings. The summed E-state index contributed by atoms with van der Waals surface area (Å²) in [5.41, 5.74) is 1.94. The van der Waals surface area contributed by atoms with Crippen LogP contribution in [-0.4, -0.2) is 16.8 Å². The van der Waals surface area contributed by atoms with E-state index in [9.17, 15) is 4.79 Å². The Balaban J connectivity index is 1.54. The van der Waals surface area contributed by atoms with Crippen LogP contribution in [0.1, 0.15) is 18.1 Å². The Morgan fingerprint density at radius 3 is 2.59 bits per heavy atom. The molecule has 0 aliphatic carbocycles. The van der Waals surface area contributed by atoms with Crippen molar-refractivity contribution in [1.82, 2.24) is 5.32 Å². The predicted octanol–water partition coefficient (Wildman–Crippen LogP) is 5.31. The number of fused-ring (bicyclic) bond motifs is 1. The Morgan fingerprint density at radius 2 is 1.83 bits per heavy atom. The molecule has 0 bridgehead atoms. The lowest BCUT2D eigenvalue weighted by Gasteiger charge is -2.13. The van der Waals surface area contributed by atoms with Gasteiger partial charge in [0, 0.05) is 0 Å². The van der Waals surface area contributed by atoms with E-state index in [1.807, 2.05) is 37.3 Å². The van der Waals surface area contributed by atoms with Crippen LogP contribution in [0.3, 0.4) is 0 Å².